The van der Waals surface area contributed by atoms with Crippen LogP contribution >= 0.6 is 15.9 Å². The van der Waals surface area contributed by atoms with Gasteiger partial charge in [0.25, 0.3) is 0 Å². The molecule has 132 valence electrons. The molecule has 5 nitrogen and oxygen atoms in total. The SMILES string of the molecule is COc1cc(CNC2CC2)cc(Br)c1OCc1ccc2c(c1)OCO2. The molecule has 1 aliphatic heterocycles. The van der Waals surface area contributed by atoms with Crippen molar-refractivity contribution in [1.82, 2.24) is 5.32 Å². The van der Waals surface area contributed by atoms with E-state index in [2.05, 4.69) is 27.3 Å². The lowest BCUT2D eigenvalue weighted by molar-refractivity contribution is 0.174. The molecule has 0 bridgehead atoms. The van der Waals surface area contributed by atoms with Crippen LogP contribution in [0.5, 0.6) is 23.0 Å². The molecular formula is C19H20BrNO4. The molecular weight excluding hydrogens is 386 g/mol. The number of benzene rings is 2. The molecule has 0 unspecified atom stereocenters. The van der Waals surface area contributed by atoms with E-state index in [4.69, 9.17) is 18.9 Å². The van der Waals surface area contributed by atoms with Crippen molar-refractivity contribution in [2.45, 2.75) is 32.0 Å². The fourth-order valence-corrected chi connectivity index (χ4v) is 3.36. The standard InChI is InChI=1S/C19H20BrNO4/c1-22-18-8-13(9-21-14-3-4-14)6-15(20)19(18)23-10-12-2-5-16-17(7-12)25-11-24-16/h2,5-8,14,21H,3-4,9-11H2,1H3. The Balaban J connectivity index is 1.47. The largest absolute Gasteiger partial charge is 0.493 e. The highest BCUT2D eigenvalue weighted by Gasteiger charge is 2.21. The summed E-state index contributed by atoms with van der Waals surface area (Å²) in [6, 6.07) is 10.6. The highest BCUT2D eigenvalue weighted by atomic mass is 79.9. The van der Waals surface area contributed by atoms with Gasteiger partial charge in [-0.1, -0.05) is 6.07 Å². The van der Waals surface area contributed by atoms with Crippen LogP contribution in [-0.4, -0.2) is 19.9 Å². The molecule has 2 aliphatic rings. The Morgan fingerprint density at radius 3 is 2.76 bits per heavy atom. The van der Waals surface area contributed by atoms with Crippen LogP contribution in [0, 0.1) is 0 Å². The van der Waals surface area contributed by atoms with Crippen LogP contribution in [0.1, 0.15) is 24.0 Å². The molecule has 0 spiro atoms. The Hall–Kier alpha value is -1.92. The molecule has 1 heterocycles. The van der Waals surface area contributed by atoms with E-state index in [9.17, 15) is 0 Å². The van der Waals surface area contributed by atoms with Crippen molar-refractivity contribution in [1.29, 1.82) is 0 Å². The normalized spacial score (nSPS) is 15.3. The second kappa shape index (κ2) is 7.14. The predicted octanol–water partition coefficient (Wildman–Crippen LogP) is 4.02. The van der Waals surface area contributed by atoms with E-state index < -0.39 is 0 Å². The van der Waals surface area contributed by atoms with E-state index in [0.29, 0.717) is 18.4 Å². The molecule has 1 aliphatic carbocycles. The summed E-state index contributed by atoms with van der Waals surface area (Å²) in [5.41, 5.74) is 2.18. The van der Waals surface area contributed by atoms with Crippen LogP contribution in [0.2, 0.25) is 0 Å². The van der Waals surface area contributed by atoms with Crippen LogP contribution in [0.25, 0.3) is 0 Å². The summed E-state index contributed by atoms with van der Waals surface area (Å²) in [6.45, 7) is 1.53. The highest BCUT2D eigenvalue weighted by Crippen LogP contribution is 2.38. The summed E-state index contributed by atoms with van der Waals surface area (Å²) >= 11 is 3.61. The number of hydrogen-bond donors (Lipinski definition) is 1. The van der Waals surface area contributed by atoms with Gasteiger partial charge in [0.1, 0.15) is 6.61 Å². The first-order valence-corrected chi connectivity index (χ1v) is 9.13. The first kappa shape index (κ1) is 16.5. The van der Waals surface area contributed by atoms with Gasteiger partial charge >= 0.3 is 0 Å². The third-order valence-electron chi connectivity index (χ3n) is 4.28. The van der Waals surface area contributed by atoms with Gasteiger partial charge < -0.3 is 24.3 Å². The number of ether oxygens (including phenoxy) is 4. The molecule has 2 aromatic rings. The average Bonchev–Trinajstić information content (AvgIpc) is 3.34. The van der Waals surface area contributed by atoms with Crippen LogP contribution in [-0.2, 0) is 13.2 Å². The van der Waals surface area contributed by atoms with Gasteiger partial charge in [-0.25, -0.2) is 0 Å². The Labute approximate surface area is 155 Å². The van der Waals surface area contributed by atoms with Crippen molar-refractivity contribution in [3.05, 3.63) is 45.9 Å². The molecule has 4 rings (SSSR count). The van der Waals surface area contributed by atoms with Gasteiger partial charge in [0.15, 0.2) is 23.0 Å². The first-order chi connectivity index (χ1) is 12.2. The lowest BCUT2D eigenvalue weighted by atomic mass is 10.2. The van der Waals surface area contributed by atoms with Crippen molar-refractivity contribution in [3.8, 4) is 23.0 Å². The van der Waals surface area contributed by atoms with Gasteiger partial charge in [0.2, 0.25) is 6.79 Å². The molecule has 1 fully saturated rings. The van der Waals surface area contributed by atoms with Crippen LogP contribution in [0.3, 0.4) is 0 Å². The molecule has 0 aromatic heterocycles. The second-order valence-electron chi connectivity index (χ2n) is 6.24. The van der Waals surface area contributed by atoms with E-state index in [1.165, 1.54) is 18.4 Å². The minimum absolute atomic E-state index is 0.273. The number of methoxy groups -OCH3 is 1. The lowest BCUT2D eigenvalue weighted by Crippen LogP contribution is -2.15. The number of rotatable bonds is 7. The van der Waals surface area contributed by atoms with Crippen molar-refractivity contribution < 1.29 is 18.9 Å². The zero-order valence-electron chi connectivity index (χ0n) is 14.0. The van der Waals surface area contributed by atoms with Crippen molar-refractivity contribution >= 4 is 15.9 Å². The van der Waals surface area contributed by atoms with Gasteiger partial charge in [-0.2, -0.15) is 0 Å². The quantitative estimate of drug-likeness (QED) is 0.753. The maximum Gasteiger partial charge on any atom is 0.231 e. The molecule has 2 aromatic carbocycles. The van der Waals surface area contributed by atoms with E-state index in [-0.39, 0.29) is 6.79 Å². The third kappa shape index (κ3) is 3.85. The van der Waals surface area contributed by atoms with Gasteiger partial charge in [-0.05, 0) is 64.2 Å². The van der Waals surface area contributed by atoms with Crippen LogP contribution < -0.4 is 24.3 Å². The molecule has 0 atom stereocenters. The summed E-state index contributed by atoms with van der Waals surface area (Å²) in [5, 5.41) is 3.51. The van der Waals surface area contributed by atoms with Crippen molar-refractivity contribution in [2.75, 3.05) is 13.9 Å². The smallest absolute Gasteiger partial charge is 0.231 e. The fraction of sp³-hybridized carbons (Fsp3) is 0.368. The topological polar surface area (TPSA) is 49.0 Å². The monoisotopic (exact) mass is 405 g/mol. The summed E-state index contributed by atoms with van der Waals surface area (Å²) in [7, 11) is 1.66. The zero-order valence-corrected chi connectivity index (χ0v) is 15.6. The maximum atomic E-state index is 6.01. The molecule has 25 heavy (non-hydrogen) atoms. The Bertz CT molecular complexity index is 776. The predicted molar refractivity (Wildman–Crippen MR) is 97.5 cm³/mol. The van der Waals surface area contributed by atoms with E-state index in [0.717, 1.165) is 33.8 Å². The second-order valence-corrected chi connectivity index (χ2v) is 7.09. The number of fused-ring (bicyclic) bond motifs is 1. The zero-order chi connectivity index (χ0) is 17.2. The number of hydrogen-bond acceptors (Lipinski definition) is 5. The highest BCUT2D eigenvalue weighted by molar-refractivity contribution is 9.10. The summed E-state index contributed by atoms with van der Waals surface area (Å²) in [5.74, 6) is 2.96. The Morgan fingerprint density at radius 1 is 1.12 bits per heavy atom. The lowest BCUT2D eigenvalue weighted by Gasteiger charge is -2.15. The van der Waals surface area contributed by atoms with Crippen LogP contribution in [0.15, 0.2) is 34.8 Å². The third-order valence-corrected chi connectivity index (χ3v) is 4.87. The number of halogens is 1. The molecule has 0 amide bonds. The van der Waals surface area contributed by atoms with Crippen molar-refractivity contribution in [3.63, 3.8) is 0 Å². The Kier molecular flexibility index (Phi) is 4.72. The van der Waals surface area contributed by atoms with Crippen LogP contribution in [0.4, 0.5) is 0 Å². The van der Waals surface area contributed by atoms with E-state index in [1.807, 2.05) is 24.3 Å². The molecule has 1 N–H and O–H groups in total. The van der Waals surface area contributed by atoms with Gasteiger partial charge in [-0.15, -0.1) is 0 Å². The summed E-state index contributed by atoms with van der Waals surface area (Å²) < 4.78 is 23.2. The molecule has 0 radical (unpaired) electrons. The minimum atomic E-state index is 0.273. The fourth-order valence-electron chi connectivity index (χ4n) is 2.75. The summed E-state index contributed by atoms with van der Waals surface area (Å²) in [6.07, 6.45) is 2.55. The van der Waals surface area contributed by atoms with Gasteiger partial charge in [0.05, 0.1) is 11.6 Å². The molecule has 0 saturated heterocycles. The average molecular weight is 406 g/mol. The van der Waals surface area contributed by atoms with E-state index in [1.54, 1.807) is 7.11 Å². The molecule has 1 saturated carbocycles. The number of nitrogens with one attached hydrogen (secondary N) is 1. The molecule has 6 heteroatoms. The Morgan fingerprint density at radius 2 is 1.96 bits per heavy atom. The summed E-state index contributed by atoms with van der Waals surface area (Å²) in [4.78, 5) is 0. The van der Waals surface area contributed by atoms with Crippen molar-refractivity contribution in [2.24, 2.45) is 0 Å². The van der Waals surface area contributed by atoms with Gasteiger partial charge in [-0.3, -0.25) is 0 Å². The minimum Gasteiger partial charge on any atom is -0.493 e. The first-order valence-electron chi connectivity index (χ1n) is 8.34. The maximum absolute atomic E-state index is 6.01. The van der Waals surface area contributed by atoms with E-state index >= 15 is 0 Å². The van der Waals surface area contributed by atoms with Gasteiger partial charge in [0, 0.05) is 12.6 Å².